The van der Waals surface area contributed by atoms with Crippen LogP contribution in [0.15, 0.2) is 0 Å². The third kappa shape index (κ3) is 4.49. The van der Waals surface area contributed by atoms with Crippen LogP contribution in [0.1, 0.15) is 44.9 Å². The van der Waals surface area contributed by atoms with E-state index >= 15 is 0 Å². The van der Waals surface area contributed by atoms with Crippen molar-refractivity contribution in [2.24, 2.45) is 5.92 Å². The summed E-state index contributed by atoms with van der Waals surface area (Å²) < 4.78 is 4.92. The van der Waals surface area contributed by atoms with Gasteiger partial charge in [-0.05, 0) is 31.6 Å². The number of hydrogen-bond donors (Lipinski definition) is 2. The number of methoxy groups -OCH3 is 1. The molecule has 0 spiro atoms. The molecule has 1 saturated carbocycles. The maximum absolute atomic E-state index is 9.95. The van der Waals surface area contributed by atoms with Crippen LogP contribution in [0.4, 0.5) is 0 Å². The molecule has 90 valence electrons. The van der Waals surface area contributed by atoms with Crippen molar-refractivity contribution in [1.82, 2.24) is 0 Å². The van der Waals surface area contributed by atoms with E-state index in [1.165, 1.54) is 19.3 Å². The number of aliphatic hydroxyl groups is 2. The van der Waals surface area contributed by atoms with E-state index in [1.807, 2.05) is 0 Å². The van der Waals surface area contributed by atoms with Gasteiger partial charge < -0.3 is 14.9 Å². The van der Waals surface area contributed by atoms with Gasteiger partial charge in [0.2, 0.25) is 0 Å². The largest absolute Gasteiger partial charge is 0.390 e. The summed E-state index contributed by atoms with van der Waals surface area (Å²) in [5.74, 6) is 0.316. The standard InChI is InChI=1S/C12H24O3/c1-15-9-5-8-11(13)12(14)10-6-3-2-4-7-10/h10-14H,2-9H2,1H3. The average molecular weight is 216 g/mol. The minimum absolute atomic E-state index is 0.316. The second kappa shape index (κ2) is 7.20. The second-order valence-corrected chi connectivity index (χ2v) is 4.59. The van der Waals surface area contributed by atoms with Gasteiger partial charge in [0.05, 0.1) is 12.2 Å². The van der Waals surface area contributed by atoms with Crippen LogP contribution in [0.25, 0.3) is 0 Å². The van der Waals surface area contributed by atoms with E-state index in [2.05, 4.69) is 0 Å². The van der Waals surface area contributed by atoms with Gasteiger partial charge in [0.1, 0.15) is 0 Å². The van der Waals surface area contributed by atoms with Crippen LogP contribution >= 0.6 is 0 Å². The van der Waals surface area contributed by atoms with E-state index in [9.17, 15) is 10.2 Å². The van der Waals surface area contributed by atoms with Crippen LogP contribution in [0, 0.1) is 5.92 Å². The number of aliphatic hydroxyl groups excluding tert-OH is 2. The molecule has 0 saturated heterocycles. The van der Waals surface area contributed by atoms with Crippen LogP contribution in [0.5, 0.6) is 0 Å². The lowest BCUT2D eigenvalue weighted by atomic mass is 9.82. The van der Waals surface area contributed by atoms with E-state index in [0.717, 1.165) is 19.3 Å². The highest BCUT2D eigenvalue weighted by molar-refractivity contribution is 4.78. The van der Waals surface area contributed by atoms with Crippen molar-refractivity contribution < 1.29 is 14.9 Å². The molecule has 0 aliphatic heterocycles. The zero-order chi connectivity index (χ0) is 11.1. The summed E-state index contributed by atoms with van der Waals surface area (Å²) in [6.07, 6.45) is 6.20. The lowest BCUT2D eigenvalue weighted by molar-refractivity contribution is -0.0333. The third-order valence-electron chi connectivity index (χ3n) is 3.38. The van der Waals surface area contributed by atoms with Gasteiger partial charge in [-0.25, -0.2) is 0 Å². The number of rotatable bonds is 6. The Hall–Kier alpha value is -0.120. The minimum atomic E-state index is -0.566. The van der Waals surface area contributed by atoms with Crippen LogP contribution < -0.4 is 0 Å². The first-order valence-electron chi connectivity index (χ1n) is 6.10. The van der Waals surface area contributed by atoms with E-state index in [4.69, 9.17) is 4.74 Å². The zero-order valence-corrected chi connectivity index (χ0v) is 9.69. The Balaban J connectivity index is 2.21. The van der Waals surface area contributed by atoms with Gasteiger partial charge in [-0.1, -0.05) is 19.3 Å². The van der Waals surface area contributed by atoms with Gasteiger partial charge in [-0.2, -0.15) is 0 Å². The Morgan fingerprint density at radius 1 is 1.20 bits per heavy atom. The molecule has 1 aliphatic rings. The van der Waals surface area contributed by atoms with Crippen LogP contribution in [0.3, 0.4) is 0 Å². The smallest absolute Gasteiger partial charge is 0.0827 e. The molecule has 0 heterocycles. The molecule has 0 amide bonds. The third-order valence-corrected chi connectivity index (χ3v) is 3.38. The predicted octanol–water partition coefficient (Wildman–Crippen LogP) is 1.72. The van der Waals surface area contributed by atoms with Crippen molar-refractivity contribution in [3.63, 3.8) is 0 Å². The second-order valence-electron chi connectivity index (χ2n) is 4.59. The van der Waals surface area contributed by atoms with E-state index in [0.29, 0.717) is 18.9 Å². The normalized spacial score (nSPS) is 22.6. The summed E-state index contributed by atoms with van der Waals surface area (Å²) in [7, 11) is 1.66. The zero-order valence-electron chi connectivity index (χ0n) is 9.69. The quantitative estimate of drug-likeness (QED) is 0.665. The van der Waals surface area contributed by atoms with Gasteiger partial charge in [-0.15, -0.1) is 0 Å². The monoisotopic (exact) mass is 216 g/mol. The van der Waals surface area contributed by atoms with Crippen LogP contribution in [-0.2, 0) is 4.74 Å². The Kier molecular flexibility index (Phi) is 6.22. The van der Waals surface area contributed by atoms with Crippen molar-refractivity contribution >= 4 is 0 Å². The molecular formula is C12H24O3. The van der Waals surface area contributed by atoms with Crippen molar-refractivity contribution in [1.29, 1.82) is 0 Å². The molecule has 15 heavy (non-hydrogen) atoms. The lowest BCUT2D eigenvalue weighted by Gasteiger charge is -2.29. The maximum Gasteiger partial charge on any atom is 0.0827 e. The molecule has 0 radical (unpaired) electrons. The molecule has 3 heteroatoms. The Morgan fingerprint density at radius 2 is 1.87 bits per heavy atom. The van der Waals surface area contributed by atoms with Crippen molar-refractivity contribution in [3.05, 3.63) is 0 Å². The van der Waals surface area contributed by atoms with Gasteiger partial charge in [0, 0.05) is 13.7 Å². The van der Waals surface area contributed by atoms with E-state index < -0.39 is 12.2 Å². The lowest BCUT2D eigenvalue weighted by Crippen LogP contribution is -2.34. The first-order chi connectivity index (χ1) is 7.25. The van der Waals surface area contributed by atoms with Gasteiger partial charge in [0.15, 0.2) is 0 Å². The first kappa shape index (κ1) is 12.9. The summed E-state index contributed by atoms with van der Waals surface area (Å²) >= 11 is 0. The van der Waals surface area contributed by atoms with Crippen LogP contribution in [-0.4, -0.2) is 36.1 Å². The van der Waals surface area contributed by atoms with Gasteiger partial charge in [0.25, 0.3) is 0 Å². The molecular weight excluding hydrogens is 192 g/mol. The van der Waals surface area contributed by atoms with Gasteiger partial charge in [-0.3, -0.25) is 0 Å². The fourth-order valence-corrected chi connectivity index (χ4v) is 2.40. The molecule has 2 N–H and O–H groups in total. The molecule has 3 nitrogen and oxygen atoms in total. The summed E-state index contributed by atoms with van der Waals surface area (Å²) in [6, 6.07) is 0. The topological polar surface area (TPSA) is 49.7 Å². The fourth-order valence-electron chi connectivity index (χ4n) is 2.40. The van der Waals surface area contributed by atoms with Crippen molar-refractivity contribution in [3.8, 4) is 0 Å². The van der Waals surface area contributed by atoms with Crippen molar-refractivity contribution in [2.75, 3.05) is 13.7 Å². The molecule has 1 aliphatic carbocycles. The predicted molar refractivity (Wildman–Crippen MR) is 59.7 cm³/mol. The summed E-state index contributed by atoms with van der Waals surface area (Å²) in [4.78, 5) is 0. The highest BCUT2D eigenvalue weighted by Gasteiger charge is 2.27. The molecule has 2 atom stereocenters. The number of hydrogen-bond acceptors (Lipinski definition) is 3. The highest BCUT2D eigenvalue weighted by Crippen LogP contribution is 2.28. The molecule has 2 unspecified atom stereocenters. The summed E-state index contributed by atoms with van der Waals surface area (Å²) in [5.41, 5.74) is 0. The van der Waals surface area contributed by atoms with Crippen molar-refractivity contribution in [2.45, 2.75) is 57.2 Å². The molecule has 1 rings (SSSR count). The Labute approximate surface area is 92.4 Å². The highest BCUT2D eigenvalue weighted by atomic mass is 16.5. The van der Waals surface area contributed by atoms with Gasteiger partial charge >= 0.3 is 0 Å². The molecule has 0 aromatic rings. The average Bonchev–Trinajstić information content (AvgIpc) is 2.29. The first-order valence-corrected chi connectivity index (χ1v) is 6.10. The Morgan fingerprint density at radius 3 is 2.47 bits per heavy atom. The molecule has 0 bridgehead atoms. The van der Waals surface area contributed by atoms with E-state index in [-0.39, 0.29) is 0 Å². The van der Waals surface area contributed by atoms with E-state index in [1.54, 1.807) is 7.11 Å². The SMILES string of the molecule is COCCCC(O)C(O)C1CCCCC1. The molecule has 0 aromatic heterocycles. The summed E-state index contributed by atoms with van der Waals surface area (Å²) in [6.45, 7) is 0.661. The Bertz CT molecular complexity index is 155. The fraction of sp³-hybridized carbons (Fsp3) is 1.00. The van der Waals surface area contributed by atoms with Crippen LogP contribution in [0.2, 0.25) is 0 Å². The molecule has 0 aromatic carbocycles. The molecule has 1 fully saturated rings. The maximum atomic E-state index is 9.95. The number of ether oxygens (including phenoxy) is 1. The summed E-state index contributed by atoms with van der Waals surface area (Å²) in [5, 5.41) is 19.7. The minimum Gasteiger partial charge on any atom is -0.390 e.